The van der Waals surface area contributed by atoms with Crippen LogP contribution in [0.2, 0.25) is 0 Å². The summed E-state index contributed by atoms with van der Waals surface area (Å²) in [5.74, 6) is 0.726. The van der Waals surface area contributed by atoms with Gasteiger partial charge in [0.05, 0.1) is 12.2 Å². The Morgan fingerprint density at radius 3 is 2.96 bits per heavy atom. The van der Waals surface area contributed by atoms with Crippen molar-refractivity contribution < 1.29 is 14.1 Å². The first-order valence-corrected chi connectivity index (χ1v) is 8.18. The lowest BCUT2D eigenvalue weighted by molar-refractivity contribution is -0.131. The van der Waals surface area contributed by atoms with E-state index in [9.17, 15) is 9.59 Å². The molecule has 1 fully saturated rings. The molecule has 0 saturated carbocycles. The number of hydrogen-bond acceptors (Lipinski definition) is 4. The van der Waals surface area contributed by atoms with Gasteiger partial charge in [-0.2, -0.15) is 0 Å². The number of aromatic nitrogens is 2. The number of H-pyrrole nitrogens is 1. The van der Waals surface area contributed by atoms with Gasteiger partial charge in [-0.05, 0) is 38.8 Å². The summed E-state index contributed by atoms with van der Waals surface area (Å²) in [4.78, 5) is 29.2. The molecule has 1 atom stereocenters. The maximum Gasteiger partial charge on any atom is 0.267 e. The average Bonchev–Trinajstić information content (AvgIpc) is 3.16. The van der Waals surface area contributed by atoms with Gasteiger partial charge in [0.2, 0.25) is 5.91 Å². The Labute approximate surface area is 140 Å². The zero-order valence-electron chi connectivity index (χ0n) is 14.0. The predicted octanol–water partition coefficient (Wildman–Crippen LogP) is 1.93. The third kappa shape index (κ3) is 3.50. The Morgan fingerprint density at radius 2 is 2.29 bits per heavy atom. The number of nitrogens with zero attached hydrogens (tertiary/aromatic N) is 2. The fourth-order valence-electron chi connectivity index (χ4n) is 3.00. The molecule has 24 heavy (non-hydrogen) atoms. The van der Waals surface area contributed by atoms with Crippen molar-refractivity contribution in [2.75, 3.05) is 6.54 Å². The molecule has 1 aliphatic heterocycles. The molecule has 128 valence electrons. The van der Waals surface area contributed by atoms with E-state index in [4.69, 9.17) is 4.52 Å². The zero-order chi connectivity index (χ0) is 17.1. The number of nitrogens with one attached hydrogen (secondary N) is 2. The Hall–Kier alpha value is -2.57. The Bertz CT molecular complexity index is 701. The van der Waals surface area contributed by atoms with Gasteiger partial charge in [0, 0.05) is 30.8 Å². The number of rotatable bonds is 4. The molecule has 7 nitrogen and oxygen atoms in total. The summed E-state index contributed by atoms with van der Waals surface area (Å²) >= 11 is 0. The van der Waals surface area contributed by atoms with Crippen LogP contribution in [-0.4, -0.2) is 39.4 Å². The number of aryl methyl sites for hydroxylation is 2. The van der Waals surface area contributed by atoms with E-state index in [1.165, 1.54) is 0 Å². The van der Waals surface area contributed by atoms with Crippen molar-refractivity contribution in [2.24, 2.45) is 0 Å². The Morgan fingerprint density at radius 1 is 1.46 bits per heavy atom. The second-order valence-electron chi connectivity index (χ2n) is 6.20. The Balaban J connectivity index is 1.61. The van der Waals surface area contributed by atoms with Crippen molar-refractivity contribution in [2.45, 2.75) is 45.7 Å². The van der Waals surface area contributed by atoms with Gasteiger partial charge in [-0.25, -0.2) is 0 Å². The number of aromatic amines is 1. The summed E-state index contributed by atoms with van der Waals surface area (Å²) in [5.41, 5.74) is 2.33. The van der Waals surface area contributed by atoms with E-state index in [-0.39, 0.29) is 17.9 Å². The van der Waals surface area contributed by atoms with Crippen LogP contribution < -0.4 is 5.32 Å². The number of hydrogen-bond donors (Lipinski definition) is 2. The van der Waals surface area contributed by atoms with Crippen molar-refractivity contribution in [1.29, 1.82) is 0 Å². The molecular weight excluding hydrogens is 308 g/mol. The molecule has 2 aromatic rings. The fraction of sp³-hybridized carbons (Fsp3) is 0.471. The molecular formula is C17H22N4O3. The molecule has 0 spiro atoms. The van der Waals surface area contributed by atoms with Gasteiger partial charge in [-0.15, -0.1) is 0 Å². The van der Waals surface area contributed by atoms with E-state index in [1.807, 2.05) is 18.7 Å². The Kier molecular flexibility index (Phi) is 4.69. The lowest BCUT2D eigenvalue weighted by Crippen LogP contribution is -2.36. The minimum atomic E-state index is -0.128. The van der Waals surface area contributed by atoms with Crippen LogP contribution in [0.15, 0.2) is 22.9 Å². The predicted molar refractivity (Wildman–Crippen MR) is 87.3 cm³/mol. The van der Waals surface area contributed by atoms with E-state index in [0.29, 0.717) is 31.6 Å². The maximum atomic E-state index is 12.4. The monoisotopic (exact) mass is 330 g/mol. The van der Waals surface area contributed by atoms with E-state index < -0.39 is 0 Å². The number of likely N-dealkylation sites (tertiary alicyclic amines) is 1. The van der Waals surface area contributed by atoms with E-state index in [0.717, 1.165) is 23.4 Å². The van der Waals surface area contributed by atoms with Crippen molar-refractivity contribution in [3.63, 3.8) is 0 Å². The van der Waals surface area contributed by atoms with Crippen LogP contribution in [0, 0.1) is 13.8 Å². The second kappa shape index (κ2) is 6.90. The average molecular weight is 330 g/mol. The SMILES string of the molecule is Cc1noc(C)c1CN1CCC(NC(=O)c2ccc[nH]2)CCC1=O. The van der Waals surface area contributed by atoms with Gasteiger partial charge < -0.3 is 19.7 Å². The lowest BCUT2D eigenvalue weighted by Gasteiger charge is -2.21. The molecule has 0 aromatic carbocycles. The summed E-state index contributed by atoms with van der Waals surface area (Å²) < 4.78 is 5.17. The van der Waals surface area contributed by atoms with Gasteiger partial charge >= 0.3 is 0 Å². The minimum absolute atomic E-state index is 0.000538. The fourth-order valence-corrected chi connectivity index (χ4v) is 3.00. The topological polar surface area (TPSA) is 91.2 Å². The van der Waals surface area contributed by atoms with E-state index >= 15 is 0 Å². The van der Waals surface area contributed by atoms with Crippen LogP contribution in [-0.2, 0) is 11.3 Å². The largest absolute Gasteiger partial charge is 0.361 e. The first-order valence-electron chi connectivity index (χ1n) is 8.18. The third-order valence-corrected chi connectivity index (χ3v) is 4.51. The number of carbonyl (C=O) groups is 2. The van der Waals surface area contributed by atoms with Crippen LogP contribution in [0.1, 0.15) is 46.8 Å². The quantitative estimate of drug-likeness (QED) is 0.896. The molecule has 0 aliphatic carbocycles. The van der Waals surface area contributed by atoms with Crippen LogP contribution in [0.3, 0.4) is 0 Å². The van der Waals surface area contributed by atoms with E-state index in [2.05, 4.69) is 15.5 Å². The second-order valence-corrected chi connectivity index (χ2v) is 6.20. The zero-order valence-corrected chi connectivity index (χ0v) is 14.0. The summed E-state index contributed by atoms with van der Waals surface area (Å²) in [6.07, 6.45) is 3.54. The first kappa shape index (κ1) is 16.3. The lowest BCUT2D eigenvalue weighted by atomic mass is 10.1. The molecule has 2 N–H and O–H groups in total. The normalized spacial score (nSPS) is 18.5. The molecule has 7 heteroatoms. The molecule has 1 saturated heterocycles. The standard InChI is InChI=1S/C17H22N4O3/c1-11-14(12(2)24-20-11)10-21-9-7-13(5-6-16(21)22)19-17(23)15-4-3-8-18-15/h3-4,8,13,18H,5-7,9-10H2,1-2H3,(H,19,23). The van der Waals surface area contributed by atoms with E-state index in [1.54, 1.807) is 18.3 Å². The third-order valence-electron chi connectivity index (χ3n) is 4.51. The summed E-state index contributed by atoms with van der Waals surface area (Å²) in [6.45, 7) is 4.86. The maximum absolute atomic E-state index is 12.4. The first-order chi connectivity index (χ1) is 11.5. The van der Waals surface area contributed by atoms with Crippen LogP contribution in [0.4, 0.5) is 0 Å². The molecule has 3 rings (SSSR count). The highest BCUT2D eigenvalue weighted by molar-refractivity contribution is 5.92. The van der Waals surface area contributed by atoms with Gasteiger partial charge in [0.25, 0.3) is 5.91 Å². The molecule has 0 bridgehead atoms. The molecule has 1 aliphatic rings. The van der Waals surface area contributed by atoms with Crippen molar-refractivity contribution in [1.82, 2.24) is 20.4 Å². The molecule has 2 amide bonds. The van der Waals surface area contributed by atoms with Crippen molar-refractivity contribution >= 4 is 11.8 Å². The van der Waals surface area contributed by atoms with Crippen LogP contribution >= 0.6 is 0 Å². The van der Waals surface area contributed by atoms with Gasteiger partial charge in [-0.1, -0.05) is 5.16 Å². The number of amides is 2. The molecule has 1 unspecified atom stereocenters. The minimum Gasteiger partial charge on any atom is -0.361 e. The van der Waals surface area contributed by atoms with Crippen molar-refractivity contribution in [3.05, 3.63) is 41.0 Å². The molecule has 0 radical (unpaired) electrons. The number of carbonyl (C=O) groups excluding carboxylic acids is 2. The summed E-state index contributed by atoms with van der Waals surface area (Å²) in [7, 11) is 0. The van der Waals surface area contributed by atoms with Gasteiger partial charge in [0.1, 0.15) is 11.5 Å². The smallest absolute Gasteiger partial charge is 0.267 e. The molecule has 3 heterocycles. The van der Waals surface area contributed by atoms with Crippen molar-refractivity contribution in [3.8, 4) is 0 Å². The summed E-state index contributed by atoms with van der Waals surface area (Å²) in [5, 5.41) is 6.94. The van der Waals surface area contributed by atoms with Gasteiger partial charge in [0.15, 0.2) is 0 Å². The highest BCUT2D eigenvalue weighted by atomic mass is 16.5. The highest BCUT2D eigenvalue weighted by Crippen LogP contribution is 2.19. The van der Waals surface area contributed by atoms with Crippen LogP contribution in [0.5, 0.6) is 0 Å². The summed E-state index contributed by atoms with van der Waals surface area (Å²) in [6, 6.07) is 3.53. The van der Waals surface area contributed by atoms with Crippen LogP contribution in [0.25, 0.3) is 0 Å². The molecule has 2 aromatic heterocycles. The highest BCUT2D eigenvalue weighted by Gasteiger charge is 2.25. The van der Waals surface area contributed by atoms with Gasteiger partial charge in [-0.3, -0.25) is 9.59 Å².